The zero-order valence-corrected chi connectivity index (χ0v) is 18.5. The second-order valence-corrected chi connectivity index (χ2v) is 6.05. The molecule has 2 unspecified atom stereocenters. The van der Waals surface area contributed by atoms with E-state index in [0.717, 1.165) is 18.3 Å². The first-order valence-corrected chi connectivity index (χ1v) is 8.71. The number of unbranched alkanes of at least 4 members (excludes halogenated alkanes) is 7. The molecule has 2 atom stereocenters. The van der Waals surface area contributed by atoms with E-state index in [2.05, 4.69) is 37.6 Å². The van der Waals surface area contributed by atoms with Gasteiger partial charge in [0.2, 0.25) is 0 Å². The third kappa shape index (κ3) is 14.9. The number of nitrogens with one attached hydrogen (secondary N) is 1. The Labute approximate surface area is 176 Å². The van der Waals surface area contributed by atoms with Crippen molar-refractivity contribution in [3.8, 4) is 0 Å². The van der Waals surface area contributed by atoms with Gasteiger partial charge in [0.15, 0.2) is 0 Å². The predicted molar refractivity (Wildman–Crippen MR) is 90.6 cm³/mol. The number of rotatable bonds is 8. The van der Waals surface area contributed by atoms with Crippen LogP contribution in [-0.2, 0) is 26.2 Å². The van der Waals surface area contributed by atoms with Gasteiger partial charge in [-0.1, -0.05) is 82.9 Å². The summed E-state index contributed by atoms with van der Waals surface area (Å²) in [6.45, 7) is 2.87. The number of fused-ring (bicyclic) bond motifs is 1. The van der Waals surface area contributed by atoms with E-state index in [0.29, 0.717) is 6.54 Å². The van der Waals surface area contributed by atoms with Crippen LogP contribution in [0.3, 0.4) is 0 Å². The molecule has 1 fully saturated rings. The molecule has 2 aliphatic rings. The van der Waals surface area contributed by atoms with Crippen molar-refractivity contribution in [2.45, 2.75) is 71.1 Å². The van der Waals surface area contributed by atoms with Crippen LogP contribution in [0.4, 0.5) is 0 Å². The minimum atomic E-state index is 0. The molecule has 23 heavy (non-hydrogen) atoms. The number of allylic oxidation sites excluding steroid dienone is 4. The molecule has 132 valence electrons. The van der Waals surface area contributed by atoms with Gasteiger partial charge >= 0.3 is 26.2 Å². The monoisotopic (exact) mass is 435 g/mol. The largest absolute Gasteiger partial charge is 4.00 e. The molecule has 0 aromatic carbocycles. The Hall–Kier alpha value is 0.903. The molecule has 0 bridgehead atoms. The summed E-state index contributed by atoms with van der Waals surface area (Å²) in [6, 6.07) is 0. The molecule has 0 spiro atoms. The van der Waals surface area contributed by atoms with E-state index in [1.54, 1.807) is 0 Å². The van der Waals surface area contributed by atoms with Gasteiger partial charge in [0.05, 0.1) is 0 Å². The Morgan fingerprint density at radius 1 is 0.913 bits per heavy atom. The first-order valence-electron chi connectivity index (χ1n) is 8.71. The van der Waals surface area contributed by atoms with Gasteiger partial charge < -0.3 is 37.0 Å². The van der Waals surface area contributed by atoms with E-state index >= 15 is 0 Å². The van der Waals surface area contributed by atoms with Gasteiger partial charge in [-0.2, -0.15) is 13.0 Å². The van der Waals surface area contributed by atoms with Crippen LogP contribution in [0.15, 0.2) is 24.3 Å². The maximum atomic E-state index is 6.95. The van der Waals surface area contributed by atoms with Gasteiger partial charge in [0.25, 0.3) is 0 Å². The molecule has 0 aromatic rings. The smallest absolute Gasteiger partial charge is 1.00 e. The Kier molecular flexibility index (Phi) is 26.1. The first-order chi connectivity index (χ1) is 9.88. The first kappa shape index (κ1) is 28.7. The molecule has 1 saturated carbocycles. The summed E-state index contributed by atoms with van der Waals surface area (Å²) in [6.07, 6.45) is 24.7. The van der Waals surface area contributed by atoms with E-state index in [-0.39, 0.29) is 51.0 Å². The van der Waals surface area contributed by atoms with Crippen molar-refractivity contribution in [1.82, 2.24) is 0 Å². The van der Waals surface area contributed by atoms with Gasteiger partial charge in [0.1, 0.15) is 0 Å². The van der Waals surface area contributed by atoms with Gasteiger partial charge in [-0.05, 0) is 5.92 Å². The molecule has 2 aliphatic carbocycles. The third-order valence-electron chi connectivity index (χ3n) is 4.27. The fourth-order valence-corrected chi connectivity index (χ4v) is 2.95. The summed E-state index contributed by atoms with van der Waals surface area (Å²) in [5, 5.41) is 0. The second kappa shape index (κ2) is 20.9. The molecular formula is C19H33Cl2NZr. The van der Waals surface area contributed by atoms with E-state index in [1.807, 2.05) is 0 Å². The molecule has 0 heterocycles. The fraction of sp³-hybridized carbons (Fsp3) is 0.737. The van der Waals surface area contributed by atoms with E-state index in [1.165, 1.54) is 57.8 Å². The van der Waals surface area contributed by atoms with E-state index in [9.17, 15) is 0 Å². The number of hydrogen-bond acceptors (Lipinski definition) is 0. The summed E-state index contributed by atoms with van der Waals surface area (Å²) in [5.41, 5.74) is 6.95. The van der Waals surface area contributed by atoms with Crippen molar-refractivity contribution in [3.05, 3.63) is 36.5 Å². The molecule has 1 nitrogen and oxygen atoms in total. The molecule has 2 rings (SSSR count). The van der Waals surface area contributed by atoms with Crippen LogP contribution in [0.1, 0.15) is 71.1 Å². The van der Waals surface area contributed by atoms with Crippen molar-refractivity contribution < 1.29 is 51.0 Å². The van der Waals surface area contributed by atoms with Gasteiger partial charge in [-0.15, -0.1) is 12.0 Å². The SMILES string of the molecule is C1=CC2[CH-]CCC2C=C1.CCCCCCCCCC[NH-].[Cl-].[Cl-].[Zr+4]. The zero-order chi connectivity index (χ0) is 14.5. The minimum absolute atomic E-state index is 0. The van der Waals surface area contributed by atoms with Crippen LogP contribution in [0, 0.1) is 18.3 Å². The molecule has 0 aliphatic heterocycles. The zero-order valence-electron chi connectivity index (χ0n) is 14.6. The van der Waals surface area contributed by atoms with Crippen molar-refractivity contribution in [2.24, 2.45) is 11.8 Å². The normalized spacial score (nSPS) is 20.3. The predicted octanol–water partition coefficient (Wildman–Crippen LogP) is 0.528. The minimum Gasteiger partial charge on any atom is -1.00 e. The Morgan fingerprint density at radius 3 is 2.04 bits per heavy atom. The molecule has 0 amide bonds. The van der Waals surface area contributed by atoms with Crippen LogP contribution in [-0.4, -0.2) is 6.54 Å². The standard InChI is InChI=1S/C10H22N.C9H11.2ClH.Zr/c1-2-3-4-5-6-7-8-9-10-11;1-2-5-9-7-3-6-8(9)4-1;;;/h11H,2-10H2,1H3;1-2,4-6,8-9H,3,7H2;2*1H;/q2*-1;;;+4/p-2. The third-order valence-corrected chi connectivity index (χ3v) is 4.27. The quantitative estimate of drug-likeness (QED) is 0.391. The Bertz CT molecular complexity index is 257. The van der Waals surface area contributed by atoms with Crippen LogP contribution in [0.5, 0.6) is 0 Å². The molecule has 0 saturated heterocycles. The summed E-state index contributed by atoms with van der Waals surface area (Å²) < 4.78 is 0. The Morgan fingerprint density at radius 2 is 1.48 bits per heavy atom. The van der Waals surface area contributed by atoms with Crippen molar-refractivity contribution >= 4 is 0 Å². The van der Waals surface area contributed by atoms with Crippen molar-refractivity contribution in [2.75, 3.05) is 6.54 Å². The molecular weight excluding hydrogens is 404 g/mol. The van der Waals surface area contributed by atoms with Crippen LogP contribution >= 0.6 is 0 Å². The van der Waals surface area contributed by atoms with Gasteiger partial charge in [0, 0.05) is 0 Å². The summed E-state index contributed by atoms with van der Waals surface area (Å²) >= 11 is 0. The van der Waals surface area contributed by atoms with Crippen molar-refractivity contribution in [3.63, 3.8) is 0 Å². The topological polar surface area (TPSA) is 23.8 Å². The maximum Gasteiger partial charge on any atom is 4.00 e. The average Bonchev–Trinajstić information content (AvgIpc) is 2.95. The summed E-state index contributed by atoms with van der Waals surface area (Å²) in [4.78, 5) is 0. The van der Waals surface area contributed by atoms with Crippen LogP contribution in [0.2, 0.25) is 0 Å². The summed E-state index contributed by atoms with van der Waals surface area (Å²) in [7, 11) is 0. The maximum absolute atomic E-state index is 6.95. The van der Waals surface area contributed by atoms with Gasteiger partial charge in [-0.25, -0.2) is 0 Å². The van der Waals surface area contributed by atoms with Crippen molar-refractivity contribution in [1.29, 1.82) is 0 Å². The molecule has 0 aromatic heterocycles. The second-order valence-electron chi connectivity index (χ2n) is 6.05. The van der Waals surface area contributed by atoms with E-state index in [4.69, 9.17) is 5.73 Å². The average molecular weight is 438 g/mol. The molecule has 4 heteroatoms. The number of halogens is 2. The van der Waals surface area contributed by atoms with Crippen LogP contribution in [0.25, 0.3) is 5.73 Å². The van der Waals surface area contributed by atoms with Crippen LogP contribution < -0.4 is 24.8 Å². The Balaban J connectivity index is -0.000000310. The molecule has 0 radical (unpaired) electrons. The molecule has 1 N–H and O–H groups in total. The van der Waals surface area contributed by atoms with Gasteiger partial charge in [-0.3, -0.25) is 0 Å². The van der Waals surface area contributed by atoms with E-state index < -0.39 is 0 Å². The summed E-state index contributed by atoms with van der Waals surface area (Å²) in [5.74, 6) is 1.62. The fourth-order valence-electron chi connectivity index (χ4n) is 2.95. The number of hydrogen-bond donors (Lipinski definition) is 0.